The van der Waals surface area contributed by atoms with E-state index in [0.717, 1.165) is 11.4 Å². The normalized spacial score (nSPS) is 15.1. The summed E-state index contributed by atoms with van der Waals surface area (Å²) < 4.78 is 12.0. The number of hydrogen-bond donors (Lipinski definition) is 1. The van der Waals surface area contributed by atoms with E-state index in [4.69, 9.17) is 21.1 Å². The molecule has 0 aromatic carbocycles. The van der Waals surface area contributed by atoms with Gasteiger partial charge in [0.1, 0.15) is 5.60 Å². The van der Waals surface area contributed by atoms with Gasteiger partial charge in [-0.2, -0.15) is 5.10 Å². The van der Waals surface area contributed by atoms with Crippen molar-refractivity contribution in [1.82, 2.24) is 9.78 Å². The van der Waals surface area contributed by atoms with Crippen LogP contribution in [-0.2, 0) is 22.4 Å². The summed E-state index contributed by atoms with van der Waals surface area (Å²) in [6.45, 7) is 6.18. The summed E-state index contributed by atoms with van der Waals surface area (Å²) in [7, 11) is 2.99. The van der Waals surface area contributed by atoms with Crippen LogP contribution in [-0.4, -0.2) is 41.0 Å². The standard InChI is InChI=1S/C12H21ClN2O3/c1-6-15-9(10(13)8(2)14-15)7-12(3,16)11(17-4)18-5/h11,16H,6-7H2,1-5H3. The third-order valence-corrected chi connectivity index (χ3v) is 3.41. The van der Waals surface area contributed by atoms with Gasteiger partial charge in [-0.25, -0.2) is 0 Å². The zero-order chi connectivity index (χ0) is 13.9. The van der Waals surface area contributed by atoms with Gasteiger partial charge >= 0.3 is 0 Å². The number of nitrogens with zero attached hydrogens (tertiary/aromatic N) is 2. The first-order valence-corrected chi connectivity index (χ1v) is 6.24. The van der Waals surface area contributed by atoms with Crippen LogP contribution in [0.1, 0.15) is 25.2 Å². The summed E-state index contributed by atoms with van der Waals surface area (Å²) in [6, 6.07) is 0. The van der Waals surface area contributed by atoms with Crippen molar-refractivity contribution in [3.63, 3.8) is 0 Å². The van der Waals surface area contributed by atoms with Gasteiger partial charge in [-0.15, -0.1) is 0 Å². The molecule has 1 aromatic heterocycles. The second-order valence-electron chi connectivity index (χ2n) is 4.50. The minimum Gasteiger partial charge on any atom is -0.384 e. The van der Waals surface area contributed by atoms with Crippen LogP contribution in [0.2, 0.25) is 5.02 Å². The number of aryl methyl sites for hydroxylation is 2. The van der Waals surface area contributed by atoms with Crippen LogP contribution in [0.25, 0.3) is 0 Å². The molecule has 1 rings (SSSR count). The Morgan fingerprint density at radius 1 is 1.44 bits per heavy atom. The average molecular weight is 277 g/mol. The van der Waals surface area contributed by atoms with E-state index >= 15 is 0 Å². The first kappa shape index (κ1) is 15.4. The Balaban J connectivity index is 3.02. The Bertz CT molecular complexity index is 400. The molecule has 18 heavy (non-hydrogen) atoms. The first-order valence-electron chi connectivity index (χ1n) is 5.87. The van der Waals surface area contributed by atoms with Gasteiger partial charge in [-0.1, -0.05) is 11.6 Å². The second-order valence-corrected chi connectivity index (χ2v) is 4.88. The fourth-order valence-electron chi connectivity index (χ4n) is 2.06. The smallest absolute Gasteiger partial charge is 0.185 e. The molecule has 6 heteroatoms. The molecule has 1 atom stereocenters. The molecular weight excluding hydrogens is 256 g/mol. The summed E-state index contributed by atoms with van der Waals surface area (Å²) in [4.78, 5) is 0. The van der Waals surface area contributed by atoms with Gasteiger partial charge in [-0.05, 0) is 20.8 Å². The third kappa shape index (κ3) is 3.03. The number of ether oxygens (including phenoxy) is 2. The molecule has 104 valence electrons. The fraction of sp³-hybridized carbons (Fsp3) is 0.750. The van der Waals surface area contributed by atoms with Gasteiger partial charge in [0, 0.05) is 27.2 Å². The lowest BCUT2D eigenvalue weighted by Crippen LogP contribution is -2.44. The lowest BCUT2D eigenvalue weighted by atomic mass is 9.99. The molecule has 0 radical (unpaired) electrons. The van der Waals surface area contributed by atoms with Crippen molar-refractivity contribution in [2.45, 2.75) is 45.6 Å². The van der Waals surface area contributed by atoms with Crippen molar-refractivity contribution in [2.75, 3.05) is 14.2 Å². The van der Waals surface area contributed by atoms with E-state index < -0.39 is 11.9 Å². The molecule has 1 N–H and O–H groups in total. The van der Waals surface area contributed by atoms with E-state index in [1.54, 1.807) is 11.6 Å². The van der Waals surface area contributed by atoms with E-state index in [1.807, 2.05) is 13.8 Å². The Kier molecular flexibility index (Phi) is 5.16. The molecule has 0 aliphatic carbocycles. The number of methoxy groups -OCH3 is 2. The second kappa shape index (κ2) is 6.02. The summed E-state index contributed by atoms with van der Waals surface area (Å²) in [5.74, 6) is 0. The minimum absolute atomic E-state index is 0.312. The summed E-state index contributed by atoms with van der Waals surface area (Å²) in [5, 5.41) is 15.3. The molecule has 0 amide bonds. The molecule has 0 saturated carbocycles. The predicted octanol–water partition coefficient (Wildman–Crippen LogP) is 1.78. The molecule has 1 heterocycles. The highest BCUT2D eigenvalue weighted by Crippen LogP contribution is 2.27. The van der Waals surface area contributed by atoms with Crippen molar-refractivity contribution in [1.29, 1.82) is 0 Å². The largest absolute Gasteiger partial charge is 0.384 e. The SMILES string of the molecule is CCn1nc(C)c(Cl)c1CC(C)(O)C(OC)OC. The predicted molar refractivity (Wildman–Crippen MR) is 69.8 cm³/mol. The van der Waals surface area contributed by atoms with Gasteiger partial charge in [0.25, 0.3) is 0 Å². The van der Waals surface area contributed by atoms with E-state index in [9.17, 15) is 5.11 Å². The number of halogens is 1. The lowest BCUT2D eigenvalue weighted by molar-refractivity contribution is -0.207. The molecule has 0 fully saturated rings. The van der Waals surface area contributed by atoms with Crippen molar-refractivity contribution < 1.29 is 14.6 Å². The molecule has 0 saturated heterocycles. The zero-order valence-corrected chi connectivity index (χ0v) is 12.3. The first-order chi connectivity index (χ1) is 8.37. The molecule has 0 bridgehead atoms. The van der Waals surface area contributed by atoms with Crippen LogP contribution in [0.3, 0.4) is 0 Å². The highest BCUT2D eigenvalue weighted by Gasteiger charge is 2.34. The quantitative estimate of drug-likeness (QED) is 0.805. The zero-order valence-electron chi connectivity index (χ0n) is 11.5. The maximum Gasteiger partial charge on any atom is 0.185 e. The molecule has 5 nitrogen and oxygen atoms in total. The van der Waals surface area contributed by atoms with Crippen LogP contribution in [0.4, 0.5) is 0 Å². The minimum atomic E-state index is -1.17. The van der Waals surface area contributed by atoms with Gasteiger partial charge in [0.05, 0.1) is 16.4 Å². The van der Waals surface area contributed by atoms with Crippen LogP contribution in [0.5, 0.6) is 0 Å². The Morgan fingerprint density at radius 2 is 2.00 bits per heavy atom. The number of aliphatic hydroxyl groups is 1. The number of hydrogen-bond acceptors (Lipinski definition) is 4. The highest BCUT2D eigenvalue weighted by atomic mass is 35.5. The molecule has 0 spiro atoms. The monoisotopic (exact) mass is 276 g/mol. The van der Waals surface area contributed by atoms with E-state index in [-0.39, 0.29) is 0 Å². The van der Waals surface area contributed by atoms with Crippen LogP contribution in [0, 0.1) is 6.92 Å². The number of rotatable bonds is 6. The Morgan fingerprint density at radius 3 is 2.44 bits per heavy atom. The molecule has 0 aliphatic heterocycles. The highest BCUT2D eigenvalue weighted by molar-refractivity contribution is 6.31. The summed E-state index contributed by atoms with van der Waals surface area (Å²) in [5.41, 5.74) is 0.378. The lowest BCUT2D eigenvalue weighted by Gasteiger charge is -2.30. The summed E-state index contributed by atoms with van der Waals surface area (Å²) >= 11 is 6.21. The van der Waals surface area contributed by atoms with Crippen molar-refractivity contribution in [3.05, 3.63) is 16.4 Å². The Labute approximate surface area is 113 Å². The average Bonchev–Trinajstić information content (AvgIpc) is 2.57. The van der Waals surface area contributed by atoms with Crippen LogP contribution < -0.4 is 0 Å². The van der Waals surface area contributed by atoms with Gasteiger partial charge in [0.2, 0.25) is 0 Å². The van der Waals surface area contributed by atoms with Crippen molar-refractivity contribution in [2.24, 2.45) is 0 Å². The van der Waals surface area contributed by atoms with E-state index in [2.05, 4.69) is 5.10 Å². The molecule has 1 unspecified atom stereocenters. The van der Waals surface area contributed by atoms with Gasteiger partial charge in [-0.3, -0.25) is 4.68 Å². The molecule has 0 aliphatic rings. The van der Waals surface area contributed by atoms with Crippen molar-refractivity contribution >= 4 is 11.6 Å². The number of aromatic nitrogens is 2. The van der Waals surface area contributed by atoms with E-state index in [0.29, 0.717) is 18.0 Å². The Hall–Kier alpha value is -0.620. The van der Waals surface area contributed by atoms with Gasteiger partial charge < -0.3 is 14.6 Å². The van der Waals surface area contributed by atoms with Crippen LogP contribution >= 0.6 is 11.6 Å². The summed E-state index contributed by atoms with van der Waals surface area (Å²) in [6.07, 6.45) is -0.401. The van der Waals surface area contributed by atoms with Crippen LogP contribution in [0.15, 0.2) is 0 Å². The van der Waals surface area contributed by atoms with Crippen molar-refractivity contribution in [3.8, 4) is 0 Å². The third-order valence-electron chi connectivity index (χ3n) is 2.91. The fourth-order valence-corrected chi connectivity index (χ4v) is 2.27. The maximum atomic E-state index is 10.4. The molecule has 1 aromatic rings. The topological polar surface area (TPSA) is 56.5 Å². The maximum absolute atomic E-state index is 10.4. The molecular formula is C12H21ClN2O3. The van der Waals surface area contributed by atoms with Gasteiger partial charge in [0.15, 0.2) is 6.29 Å². The van der Waals surface area contributed by atoms with E-state index in [1.165, 1.54) is 14.2 Å².